The third-order valence-electron chi connectivity index (χ3n) is 2.77. The third kappa shape index (κ3) is 3.59. The number of para-hydroxylation sites is 1. The van der Waals surface area contributed by atoms with Gasteiger partial charge in [-0.25, -0.2) is 0 Å². The van der Waals surface area contributed by atoms with Crippen LogP contribution in [0.3, 0.4) is 0 Å². The Morgan fingerprint density at radius 3 is 2.41 bits per heavy atom. The maximum absolute atomic E-state index is 11.2. The highest BCUT2D eigenvalue weighted by Gasteiger charge is 2.25. The Morgan fingerprint density at radius 1 is 1.29 bits per heavy atom. The van der Waals surface area contributed by atoms with E-state index in [1.54, 1.807) is 12.1 Å². The van der Waals surface area contributed by atoms with Gasteiger partial charge in [-0.3, -0.25) is 0 Å². The van der Waals surface area contributed by atoms with Gasteiger partial charge in [0.2, 0.25) is 0 Å². The molecule has 1 aromatic carbocycles. The van der Waals surface area contributed by atoms with Gasteiger partial charge in [-0.2, -0.15) is 8.42 Å². The Kier molecular flexibility index (Phi) is 4.41. The number of benzene rings is 1. The molecule has 6 heteroatoms. The second-order valence-corrected chi connectivity index (χ2v) is 5.78. The maximum atomic E-state index is 11.2. The zero-order valence-electron chi connectivity index (χ0n) is 9.94. The van der Waals surface area contributed by atoms with Gasteiger partial charge in [0.15, 0.2) is 0 Å². The predicted molar refractivity (Wildman–Crippen MR) is 66.2 cm³/mol. The SMILES string of the molecule is CCC(C)(C)c1ccccc1OS(=O)(=O)OCl. The first-order chi connectivity index (χ1) is 7.82. The summed E-state index contributed by atoms with van der Waals surface area (Å²) in [6.07, 6.45) is 0.842. The van der Waals surface area contributed by atoms with Gasteiger partial charge in [-0.15, -0.1) is 3.74 Å². The molecule has 0 N–H and O–H groups in total. The lowest BCUT2D eigenvalue weighted by atomic mass is 9.82. The summed E-state index contributed by atoms with van der Waals surface area (Å²) in [5.41, 5.74) is 0.595. The minimum Gasteiger partial charge on any atom is -0.360 e. The van der Waals surface area contributed by atoms with E-state index >= 15 is 0 Å². The molecule has 0 unspecified atom stereocenters. The molecule has 0 spiro atoms. The average molecular weight is 279 g/mol. The molecule has 0 fully saturated rings. The molecule has 0 aliphatic carbocycles. The van der Waals surface area contributed by atoms with Crippen LogP contribution in [0.4, 0.5) is 0 Å². The smallest absolute Gasteiger partial charge is 0.360 e. The fourth-order valence-corrected chi connectivity index (χ4v) is 1.88. The van der Waals surface area contributed by atoms with Crippen molar-refractivity contribution >= 4 is 22.3 Å². The number of rotatable bonds is 5. The lowest BCUT2D eigenvalue weighted by Crippen LogP contribution is -2.19. The molecule has 0 aliphatic rings. The van der Waals surface area contributed by atoms with E-state index in [-0.39, 0.29) is 11.2 Å². The highest BCUT2D eigenvalue weighted by Crippen LogP contribution is 2.34. The topological polar surface area (TPSA) is 52.6 Å². The van der Waals surface area contributed by atoms with Crippen LogP contribution < -0.4 is 4.18 Å². The van der Waals surface area contributed by atoms with E-state index in [9.17, 15) is 8.42 Å². The molecular weight excluding hydrogens is 264 g/mol. The highest BCUT2D eigenvalue weighted by molar-refractivity contribution is 7.82. The first-order valence-electron chi connectivity index (χ1n) is 5.16. The molecule has 0 saturated carbocycles. The van der Waals surface area contributed by atoms with Gasteiger partial charge in [0.25, 0.3) is 0 Å². The summed E-state index contributed by atoms with van der Waals surface area (Å²) in [7, 11) is -4.20. The van der Waals surface area contributed by atoms with Gasteiger partial charge in [0.05, 0.1) is 11.9 Å². The summed E-state index contributed by atoms with van der Waals surface area (Å²) in [6.45, 7) is 6.02. The molecule has 0 bridgehead atoms. The molecule has 0 radical (unpaired) electrons. The Bertz CT molecular complexity index is 482. The Labute approximate surface area is 107 Å². The minimum absolute atomic E-state index is 0.196. The molecule has 1 rings (SSSR count). The lowest BCUT2D eigenvalue weighted by Gasteiger charge is -2.25. The molecule has 1 aromatic rings. The van der Waals surface area contributed by atoms with Crippen LogP contribution in [-0.2, 0) is 19.5 Å². The summed E-state index contributed by atoms with van der Waals surface area (Å²) in [5, 5.41) is 0. The van der Waals surface area contributed by atoms with Crippen LogP contribution in [0, 0.1) is 0 Å². The van der Waals surface area contributed by atoms with Crippen molar-refractivity contribution in [3.63, 3.8) is 0 Å². The van der Waals surface area contributed by atoms with Crippen LogP contribution in [-0.4, -0.2) is 8.42 Å². The van der Waals surface area contributed by atoms with Gasteiger partial charge in [-0.05, 0) is 17.9 Å². The molecule has 0 heterocycles. The monoisotopic (exact) mass is 278 g/mol. The number of hydrogen-bond donors (Lipinski definition) is 0. The molecule has 0 aliphatic heterocycles. The van der Waals surface area contributed by atoms with Crippen molar-refractivity contribution in [2.45, 2.75) is 32.6 Å². The van der Waals surface area contributed by atoms with Crippen molar-refractivity contribution in [2.75, 3.05) is 0 Å². The molecule has 4 nitrogen and oxygen atoms in total. The zero-order valence-corrected chi connectivity index (χ0v) is 11.5. The normalized spacial score (nSPS) is 12.5. The largest absolute Gasteiger partial charge is 0.465 e. The van der Waals surface area contributed by atoms with Gasteiger partial charge in [0, 0.05) is 5.56 Å². The molecule has 17 heavy (non-hydrogen) atoms. The highest BCUT2D eigenvalue weighted by atomic mass is 35.5. The van der Waals surface area contributed by atoms with Gasteiger partial charge < -0.3 is 4.18 Å². The van der Waals surface area contributed by atoms with Crippen LogP contribution in [0.2, 0.25) is 0 Å². The summed E-state index contributed by atoms with van der Waals surface area (Å²) in [6, 6.07) is 6.91. The second kappa shape index (κ2) is 5.25. The summed E-state index contributed by atoms with van der Waals surface area (Å²) in [5.74, 6) is 0.236. The quantitative estimate of drug-likeness (QED) is 0.830. The van der Waals surface area contributed by atoms with Crippen molar-refractivity contribution in [3.05, 3.63) is 29.8 Å². The summed E-state index contributed by atoms with van der Waals surface area (Å²) < 4.78 is 30.9. The van der Waals surface area contributed by atoms with Crippen LogP contribution in [0.1, 0.15) is 32.8 Å². The number of hydrogen-bond acceptors (Lipinski definition) is 4. The van der Waals surface area contributed by atoms with Crippen LogP contribution in [0.5, 0.6) is 5.75 Å². The molecule has 0 aromatic heterocycles. The molecule has 0 saturated heterocycles. The number of halogens is 1. The Balaban J connectivity index is 3.18. The van der Waals surface area contributed by atoms with Crippen LogP contribution in [0.25, 0.3) is 0 Å². The second-order valence-electron chi connectivity index (χ2n) is 4.29. The van der Waals surface area contributed by atoms with Gasteiger partial charge >= 0.3 is 10.4 Å². The van der Waals surface area contributed by atoms with E-state index in [4.69, 9.17) is 16.0 Å². The van der Waals surface area contributed by atoms with Crippen molar-refractivity contribution in [3.8, 4) is 5.75 Å². The van der Waals surface area contributed by atoms with E-state index in [0.29, 0.717) is 0 Å². The molecule has 0 atom stereocenters. The lowest BCUT2D eigenvalue weighted by molar-refractivity contribution is 0.396. The van der Waals surface area contributed by atoms with Crippen LogP contribution in [0.15, 0.2) is 24.3 Å². The van der Waals surface area contributed by atoms with E-state index in [1.807, 2.05) is 32.9 Å². The van der Waals surface area contributed by atoms with E-state index < -0.39 is 10.4 Å². The van der Waals surface area contributed by atoms with Crippen LogP contribution >= 0.6 is 11.9 Å². The Hall–Kier alpha value is -0.780. The van der Waals surface area contributed by atoms with Gasteiger partial charge in [0.1, 0.15) is 5.75 Å². The van der Waals surface area contributed by atoms with Crippen molar-refractivity contribution < 1.29 is 16.3 Å². The van der Waals surface area contributed by atoms with E-state index in [1.165, 1.54) is 0 Å². The average Bonchev–Trinajstić information content (AvgIpc) is 2.29. The van der Waals surface area contributed by atoms with Gasteiger partial charge in [-0.1, -0.05) is 39.0 Å². The fraction of sp³-hybridized carbons (Fsp3) is 0.455. The molecule has 0 amide bonds. The zero-order chi connectivity index (χ0) is 13.1. The predicted octanol–water partition coefficient (Wildman–Crippen LogP) is 3.17. The first kappa shape index (κ1) is 14.3. The standard InChI is InChI=1S/C11H15ClO4S/c1-4-11(2,3)9-7-5-6-8-10(9)15-17(13,14)16-12/h5-8H,4H2,1-3H3. The summed E-state index contributed by atoms with van der Waals surface area (Å²) in [4.78, 5) is 0. The van der Waals surface area contributed by atoms with E-state index in [2.05, 4.69) is 3.74 Å². The van der Waals surface area contributed by atoms with Crippen molar-refractivity contribution in [2.24, 2.45) is 0 Å². The minimum atomic E-state index is -4.20. The van der Waals surface area contributed by atoms with E-state index in [0.717, 1.165) is 12.0 Å². The molecule has 96 valence electrons. The van der Waals surface area contributed by atoms with Crippen molar-refractivity contribution in [1.82, 2.24) is 0 Å². The maximum Gasteiger partial charge on any atom is 0.465 e. The van der Waals surface area contributed by atoms with Crippen molar-refractivity contribution in [1.29, 1.82) is 0 Å². The summed E-state index contributed by atoms with van der Waals surface area (Å²) >= 11 is 4.83. The Morgan fingerprint density at radius 2 is 1.88 bits per heavy atom. The third-order valence-corrected chi connectivity index (χ3v) is 3.77. The fourth-order valence-electron chi connectivity index (χ4n) is 1.41. The first-order valence-corrected chi connectivity index (χ1v) is 6.81. The molecular formula is C11H15ClO4S.